The molecule has 2 aromatic rings. The molecule has 0 spiro atoms. The van der Waals surface area contributed by atoms with Gasteiger partial charge in [0.1, 0.15) is 0 Å². The van der Waals surface area contributed by atoms with E-state index in [1.54, 1.807) is 5.32 Å². The van der Waals surface area contributed by atoms with Crippen molar-refractivity contribution in [2.75, 3.05) is 0 Å². The van der Waals surface area contributed by atoms with Gasteiger partial charge in [-0.1, -0.05) is 58.2 Å². The van der Waals surface area contributed by atoms with Gasteiger partial charge in [0.15, 0.2) is 0 Å². The summed E-state index contributed by atoms with van der Waals surface area (Å²) in [7, 11) is 0. The van der Waals surface area contributed by atoms with Crippen LogP contribution in [-0.2, 0) is 21.8 Å². The molecule has 1 unspecified atom stereocenters. The number of halogens is 9. The summed E-state index contributed by atoms with van der Waals surface area (Å²) >= 11 is 17.9. The zero-order valence-electron chi connectivity index (χ0n) is 15.5. The predicted molar refractivity (Wildman–Crippen MR) is 106 cm³/mol. The Bertz CT molecular complexity index is 1070. The van der Waals surface area contributed by atoms with Gasteiger partial charge < -0.3 is 10.2 Å². The first-order chi connectivity index (χ1) is 14.7. The Morgan fingerprint density at radius 1 is 1.06 bits per heavy atom. The van der Waals surface area contributed by atoms with Crippen molar-refractivity contribution in [1.29, 1.82) is 0 Å². The van der Waals surface area contributed by atoms with E-state index in [1.807, 2.05) is 0 Å². The predicted octanol–water partition coefficient (Wildman–Crippen LogP) is 6.41. The smallest absolute Gasteiger partial charge is 0.374 e. The molecular weight excluding hydrogens is 509 g/mol. The zero-order valence-corrected chi connectivity index (χ0v) is 17.8. The first-order valence-corrected chi connectivity index (χ1v) is 9.79. The highest BCUT2D eigenvalue weighted by Crippen LogP contribution is 2.50. The molecule has 0 saturated heterocycles. The summed E-state index contributed by atoms with van der Waals surface area (Å²) in [5.74, 6) is -2.19. The maximum atomic E-state index is 14.1. The first-order valence-electron chi connectivity index (χ1n) is 8.66. The highest BCUT2D eigenvalue weighted by atomic mass is 35.5. The lowest BCUT2D eigenvalue weighted by molar-refractivity contribution is -0.275. The molecule has 172 valence electrons. The standard InChI is InChI=1S/C19H11Cl3F6N2O2/c20-11-4-10(5-12(21)6-11)17(19(26,27)28)7-14(30-32-17)13-3-1-2-9(15(13)22)8-29-16(31)18(23,24)25/h1-6H,7-8H2,(H,29,31). The average molecular weight is 520 g/mol. The molecule has 1 aliphatic heterocycles. The van der Waals surface area contributed by atoms with Gasteiger partial charge in [-0.25, -0.2) is 0 Å². The van der Waals surface area contributed by atoms with Gasteiger partial charge in [0.25, 0.3) is 5.60 Å². The van der Waals surface area contributed by atoms with Gasteiger partial charge >= 0.3 is 18.3 Å². The third-order valence-electron chi connectivity index (χ3n) is 4.60. The van der Waals surface area contributed by atoms with Gasteiger partial charge in [-0.05, 0) is 23.8 Å². The number of hydrogen-bond acceptors (Lipinski definition) is 3. The van der Waals surface area contributed by atoms with E-state index >= 15 is 0 Å². The Morgan fingerprint density at radius 2 is 1.69 bits per heavy atom. The third-order valence-corrected chi connectivity index (χ3v) is 5.48. The highest BCUT2D eigenvalue weighted by Gasteiger charge is 2.62. The average Bonchev–Trinajstić information content (AvgIpc) is 3.12. The fourth-order valence-electron chi connectivity index (χ4n) is 3.05. The fraction of sp³-hybridized carbons (Fsp3) is 0.263. The normalized spacial score (nSPS) is 18.8. The first kappa shape index (κ1) is 24.5. The van der Waals surface area contributed by atoms with E-state index in [0.717, 1.165) is 12.1 Å². The molecule has 1 heterocycles. The van der Waals surface area contributed by atoms with Gasteiger partial charge in [0.05, 0.1) is 17.2 Å². The molecule has 2 aromatic carbocycles. The van der Waals surface area contributed by atoms with Gasteiger partial charge in [-0.2, -0.15) is 26.3 Å². The lowest BCUT2D eigenvalue weighted by atomic mass is 9.86. The Balaban J connectivity index is 1.93. The van der Waals surface area contributed by atoms with Crippen LogP contribution in [0, 0.1) is 0 Å². The van der Waals surface area contributed by atoms with E-state index in [-0.39, 0.29) is 37.5 Å². The summed E-state index contributed by atoms with van der Waals surface area (Å²) < 4.78 is 79.4. The lowest BCUT2D eigenvalue weighted by Gasteiger charge is -2.29. The number of amides is 1. The molecule has 1 N–H and O–H groups in total. The number of benzene rings is 2. The van der Waals surface area contributed by atoms with E-state index in [4.69, 9.17) is 39.6 Å². The third kappa shape index (κ3) is 4.77. The number of rotatable bonds is 4. The van der Waals surface area contributed by atoms with Gasteiger partial charge in [-0.3, -0.25) is 4.79 Å². The molecule has 0 fully saturated rings. The Labute approximate surface area is 192 Å². The van der Waals surface area contributed by atoms with Crippen LogP contribution in [0.15, 0.2) is 41.6 Å². The number of oxime groups is 1. The number of alkyl halides is 6. The second-order valence-corrected chi connectivity index (χ2v) is 8.00. The monoisotopic (exact) mass is 518 g/mol. The fourth-order valence-corrected chi connectivity index (χ4v) is 3.88. The summed E-state index contributed by atoms with van der Waals surface area (Å²) in [5, 5.41) is 4.93. The molecule has 1 aliphatic rings. The van der Waals surface area contributed by atoms with Crippen LogP contribution in [0.1, 0.15) is 23.1 Å². The van der Waals surface area contributed by atoms with E-state index in [2.05, 4.69) is 5.16 Å². The summed E-state index contributed by atoms with van der Waals surface area (Å²) in [6.45, 7) is -0.604. The summed E-state index contributed by atoms with van der Waals surface area (Å²) in [6.07, 6.45) is -10.8. The van der Waals surface area contributed by atoms with Crippen molar-refractivity contribution in [2.24, 2.45) is 5.16 Å². The van der Waals surface area contributed by atoms with Crippen LogP contribution in [0.25, 0.3) is 0 Å². The number of nitrogens with zero attached hydrogens (tertiary/aromatic N) is 1. The van der Waals surface area contributed by atoms with E-state index in [0.29, 0.717) is 0 Å². The molecule has 0 saturated carbocycles. The Hall–Kier alpha value is -2.17. The molecule has 3 rings (SSSR count). The minimum Gasteiger partial charge on any atom is -0.374 e. The maximum Gasteiger partial charge on any atom is 0.471 e. The van der Waals surface area contributed by atoms with Crippen molar-refractivity contribution in [3.8, 4) is 0 Å². The number of hydrogen-bond donors (Lipinski definition) is 1. The van der Waals surface area contributed by atoms with Crippen molar-refractivity contribution < 1.29 is 36.0 Å². The Morgan fingerprint density at radius 3 is 2.25 bits per heavy atom. The minimum atomic E-state index is -5.10. The molecular formula is C19H11Cl3F6N2O2. The van der Waals surface area contributed by atoms with Crippen LogP contribution in [0.5, 0.6) is 0 Å². The molecule has 1 atom stereocenters. The van der Waals surface area contributed by atoms with E-state index in [1.165, 1.54) is 24.3 Å². The maximum absolute atomic E-state index is 14.1. The second-order valence-electron chi connectivity index (χ2n) is 6.75. The summed E-state index contributed by atoms with van der Waals surface area (Å²) in [6, 6.07) is 7.34. The molecule has 13 heteroatoms. The minimum absolute atomic E-state index is 0.00433. The molecule has 0 radical (unpaired) electrons. The van der Waals surface area contributed by atoms with Crippen LogP contribution >= 0.6 is 34.8 Å². The van der Waals surface area contributed by atoms with Gasteiger partial charge in [-0.15, -0.1) is 0 Å². The molecule has 1 amide bonds. The van der Waals surface area contributed by atoms with Crippen molar-refractivity contribution in [3.63, 3.8) is 0 Å². The largest absolute Gasteiger partial charge is 0.471 e. The van der Waals surface area contributed by atoms with E-state index in [9.17, 15) is 31.1 Å². The van der Waals surface area contributed by atoms with Crippen molar-refractivity contribution in [2.45, 2.75) is 30.9 Å². The summed E-state index contributed by atoms with van der Waals surface area (Å²) in [5.41, 5.74) is -3.44. The van der Waals surface area contributed by atoms with E-state index < -0.39 is 36.8 Å². The molecule has 4 nitrogen and oxygen atoms in total. The number of carbonyl (C=O) groups is 1. The zero-order chi connectivity index (χ0) is 23.9. The van der Waals surface area contributed by atoms with Crippen molar-refractivity contribution in [1.82, 2.24) is 5.32 Å². The topological polar surface area (TPSA) is 50.7 Å². The second kappa shape index (κ2) is 8.64. The van der Waals surface area contributed by atoms with Crippen LogP contribution in [0.3, 0.4) is 0 Å². The van der Waals surface area contributed by atoms with Gasteiger partial charge in [0.2, 0.25) is 0 Å². The number of nitrogens with one attached hydrogen (secondary N) is 1. The van der Waals surface area contributed by atoms with Crippen molar-refractivity contribution >= 4 is 46.4 Å². The van der Waals surface area contributed by atoms with Crippen molar-refractivity contribution in [3.05, 3.63) is 68.2 Å². The van der Waals surface area contributed by atoms with Crippen LogP contribution in [0.4, 0.5) is 26.3 Å². The molecule has 0 bridgehead atoms. The number of carbonyl (C=O) groups excluding carboxylic acids is 1. The van der Waals surface area contributed by atoms with Crippen LogP contribution in [-0.4, -0.2) is 24.0 Å². The highest BCUT2D eigenvalue weighted by molar-refractivity contribution is 6.35. The van der Waals surface area contributed by atoms with Crippen LogP contribution < -0.4 is 5.32 Å². The molecule has 32 heavy (non-hydrogen) atoms. The molecule has 0 aliphatic carbocycles. The quantitative estimate of drug-likeness (QED) is 0.475. The lowest BCUT2D eigenvalue weighted by Crippen LogP contribution is -2.42. The molecule has 0 aromatic heterocycles. The summed E-state index contributed by atoms with van der Waals surface area (Å²) in [4.78, 5) is 15.9. The SMILES string of the molecule is O=C(NCc1cccc(C2=NOC(c3cc(Cl)cc(Cl)c3)(C(F)(F)F)C2)c1Cl)C(F)(F)F. The van der Waals surface area contributed by atoms with Gasteiger partial charge in [0, 0.05) is 27.7 Å². The Kier molecular flexibility index (Phi) is 6.61. The van der Waals surface area contributed by atoms with Crippen LogP contribution in [0.2, 0.25) is 15.1 Å².